The number of aromatic nitrogens is 2. The summed E-state index contributed by atoms with van der Waals surface area (Å²) in [6.07, 6.45) is -3.49. The van der Waals surface area contributed by atoms with Crippen LogP contribution in [0, 0.1) is 0 Å². The Kier molecular flexibility index (Phi) is 4.08. The molecule has 3 aliphatic rings. The van der Waals surface area contributed by atoms with Gasteiger partial charge in [-0.25, -0.2) is 4.98 Å². The van der Waals surface area contributed by atoms with E-state index in [9.17, 15) is 18.0 Å². The number of H-pyrrole nitrogens is 1. The van der Waals surface area contributed by atoms with Crippen molar-refractivity contribution in [2.45, 2.75) is 37.0 Å². The Morgan fingerprint density at radius 2 is 1.91 bits per heavy atom. The van der Waals surface area contributed by atoms with Gasteiger partial charge in [0.15, 0.2) is 0 Å². The van der Waals surface area contributed by atoms with E-state index >= 15 is 0 Å². The number of carbonyl (C=O) groups is 1. The van der Waals surface area contributed by atoms with Gasteiger partial charge in [0.1, 0.15) is 29.2 Å². The molecule has 176 valence electrons. The summed E-state index contributed by atoms with van der Waals surface area (Å²) in [6, 6.07) is 14.8. The van der Waals surface area contributed by atoms with Gasteiger partial charge in [0.2, 0.25) is 5.91 Å². The van der Waals surface area contributed by atoms with Crippen LogP contribution in [0.1, 0.15) is 40.8 Å². The third kappa shape index (κ3) is 3.25. The van der Waals surface area contributed by atoms with Crippen molar-refractivity contribution in [3.8, 4) is 17.2 Å². The molecule has 2 N–H and O–H groups in total. The zero-order valence-electron chi connectivity index (χ0n) is 18.1. The number of benzene rings is 3. The molecule has 7 rings (SSSR count). The Balaban J connectivity index is 1.16. The second-order valence-electron chi connectivity index (χ2n) is 9.12. The van der Waals surface area contributed by atoms with Gasteiger partial charge >= 0.3 is 6.18 Å². The zero-order chi connectivity index (χ0) is 23.9. The maximum Gasteiger partial charge on any atom is 0.416 e. The zero-order valence-corrected chi connectivity index (χ0v) is 18.1. The monoisotopic (exact) mass is 477 g/mol. The molecule has 3 heterocycles. The first kappa shape index (κ1) is 20.4. The number of carbonyl (C=O) groups excluding carboxylic acids is 1. The van der Waals surface area contributed by atoms with E-state index in [4.69, 9.17) is 9.47 Å². The lowest BCUT2D eigenvalue weighted by molar-refractivity contribution is -0.137. The highest BCUT2D eigenvalue weighted by atomic mass is 19.4. The predicted molar refractivity (Wildman–Crippen MR) is 121 cm³/mol. The molecule has 4 aromatic rings. The molecule has 6 nitrogen and oxygen atoms in total. The molecular formula is C26H18F3N3O3. The number of ether oxygens (including phenoxy) is 2. The van der Waals surface area contributed by atoms with Gasteiger partial charge < -0.3 is 19.8 Å². The maximum absolute atomic E-state index is 13.1. The minimum absolute atomic E-state index is 0.00429. The van der Waals surface area contributed by atoms with Crippen molar-refractivity contribution in [2.24, 2.45) is 0 Å². The number of anilines is 1. The fourth-order valence-corrected chi connectivity index (χ4v) is 5.20. The first-order valence-electron chi connectivity index (χ1n) is 11.3. The van der Waals surface area contributed by atoms with Crippen LogP contribution in [-0.2, 0) is 17.4 Å². The van der Waals surface area contributed by atoms with Gasteiger partial charge in [-0.2, -0.15) is 13.2 Å². The minimum Gasteiger partial charge on any atom is -0.489 e. The topological polar surface area (TPSA) is 76.2 Å². The Bertz CT molecular complexity index is 1530. The molecule has 3 aromatic carbocycles. The summed E-state index contributed by atoms with van der Waals surface area (Å²) in [6.45, 7) is 0. The summed E-state index contributed by atoms with van der Waals surface area (Å²) >= 11 is 0. The molecular weight excluding hydrogens is 459 g/mol. The normalized spacial score (nSPS) is 22.1. The number of hydrogen-bond donors (Lipinski definition) is 2. The number of hydrogen-bond acceptors (Lipinski definition) is 4. The molecule has 3 atom stereocenters. The van der Waals surface area contributed by atoms with Crippen molar-refractivity contribution in [3.05, 3.63) is 77.1 Å². The number of halogens is 3. The highest BCUT2D eigenvalue weighted by Crippen LogP contribution is 2.63. The van der Waals surface area contributed by atoms with Gasteiger partial charge in [-0.3, -0.25) is 4.79 Å². The van der Waals surface area contributed by atoms with E-state index in [-0.39, 0.29) is 29.4 Å². The van der Waals surface area contributed by atoms with E-state index in [0.29, 0.717) is 35.7 Å². The van der Waals surface area contributed by atoms with E-state index in [1.807, 2.05) is 36.4 Å². The van der Waals surface area contributed by atoms with Crippen molar-refractivity contribution in [1.82, 2.24) is 9.97 Å². The van der Waals surface area contributed by atoms with Gasteiger partial charge in [-0.15, -0.1) is 0 Å². The van der Waals surface area contributed by atoms with Crippen LogP contribution in [0.3, 0.4) is 0 Å². The lowest BCUT2D eigenvalue weighted by Gasteiger charge is -2.20. The largest absolute Gasteiger partial charge is 0.489 e. The van der Waals surface area contributed by atoms with Crippen LogP contribution in [-0.4, -0.2) is 22.0 Å². The summed E-state index contributed by atoms with van der Waals surface area (Å²) in [7, 11) is 0. The summed E-state index contributed by atoms with van der Waals surface area (Å²) in [5.74, 6) is 2.75. The fourth-order valence-electron chi connectivity index (χ4n) is 5.20. The lowest BCUT2D eigenvalue weighted by Crippen LogP contribution is -2.19. The molecule has 1 fully saturated rings. The fraction of sp³-hybridized carbons (Fsp3) is 0.231. The summed E-state index contributed by atoms with van der Waals surface area (Å²) < 4.78 is 51.5. The van der Waals surface area contributed by atoms with E-state index in [2.05, 4.69) is 15.3 Å². The quantitative estimate of drug-likeness (QED) is 0.385. The molecule has 1 amide bonds. The number of fused-ring (bicyclic) bond motifs is 5. The van der Waals surface area contributed by atoms with Crippen molar-refractivity contribution < 1.29 is 27.4 Å². The number of aromatic amines is 1. The van der Waals surface area contributed by atoms with Gasteiger partial charge in [-0.1, -0.05) is 6.07 Å². The van der Waals surface area contributed by atoms with Crippen LogP contribution >= 0.6 is 0 Å². The summed E-state index contributed by atoms with van der Waals surface area (Å²) in [4.78, 5) is 19.3. The standard InChI is InChI=1S/C26H18F3N3O3/c27-26(28,29)12-4-7-17-18(10-12)32-25(31-17)23-22-15-11-13(5-8-20(15)35-24(22)23)34-19-3-1-2-16-14(19)6-9-21(33)30-16/h1-5,7-8,10-11,22-24H,6,9H2,(H,30,33)(H,31,32)/t22-,23-,24-/m1/s1. The van der Waals surface area contributed by atoms with E-state index < -0.39 is 11.7 Å². The van der Waals surface area contributed by atoms with Gasteiger partial charge in [0.05, 0.1) is 22.5 Å². The molecule has 35 heavy (non-hydrogen) atoms. The smallest absolute Gasteiger partial charge is 0.416 e. The third-order valence-corrected chi connectivity index (χ3v) is 6.94. The third-order valence-electron chi connectivity index (χ3n) is 6.94. The number of amides is 1. The van der Waals surface area contributed by atoms with Crippen molar-refractivity contribution >= 4 is 22.6 Å². The number of nitrogens with zero attached hydrogens (tertiary/aromatic N) is 1. The van der Waals surface area contributed by atoms with Crippen LogP contribution < -0.4 is 14.8 Å². The predicted octanol–water partition coefficient (Wildman–Crippen LogP) is 5.90. The van der Waals surface area contributed by atoms with Gasteiger partial charge in [0, 0.05) is 29.2 Å². The molecule has 0 saturated heterocycles. The van der Waals surface area contributed by atoms with Crippen molar-refractivity contribution in [2.75, 3.05) is 5.32 Å². The van der Waals surface area contributed by atoms with Crippen LogP contribution in [0.2, 0.25) is 0 Å². The average molecular weight is 477 g/mol. The second-order valence-corrected chi connectivity index (χ2v) is 9.12. The first-order chi connectivity index (χ1) is 16.8. The van der Waals surface area contributed by atoms with Crippen LogP contribution in [0.4, 0.5) is 18.9 Å². The summed E-state index contributed by atoms with van der Waals surface area (Å²) in [5.41, 5.74) is 2.86. The van der Waals surface area contributed by atoms with Crippen molar-refractivity contribution in [1.29, 1.82) is 0 Å². The van der Waals surface area contributed by atoms with Crippen molar-refractivity contribution in [3.63, 3.8) is 0 Å². The number of imidazole rings is 1. The first-order valence-corrected chi connectivity index (χ1v) is 11.3. The molecule has 1 aliphatic carbocycles. The SMILES string of the molecule is O=C1CCc2c(cccc2Oc2ccc3c(c2)[C@H]2[C@@H](O3)[C@@H]2c2nc3cc(C(F)(F)F)ccc3[nH]2)N1. The summed E-state index contributed by atoms with van der Waals surface area (Å²) in [5, 5.41) is 2.88. The van der Waals surface area contributed by atoms with E-state index in [1.165, 1.54) is 6.07 Å². The van der Waals surface area contributed by atoms with Crippen LogP contribution in [0.5, 0.6) is 17.2 Å². The van der Waals surface area contributed by atoms with Crippen LogP contribution in [0.25, 0.3) is 11.0 Å². The van der Waals surface area contributed by atoms with E-state index in [0.717, 1.165) is 34.7 Å². The molecule has 1 saturated carbocycles. The van der Waals surface area contributed by atoms with Gasteiger partial charge in [0.25, 0.3) is 0 Å². The average Bonchev–Trinajstić information content (AvgIpc) is 3.18. The number of rotatable bonds is 3. The Morgan fingerprint density at radius 1 is 1.03 bits per heavy atom. The molecule has 9 heteroatoms. The minimum atomic E-state index is -4.41. The highest BCUT2D eigenvalue weighted by Gasteiger charge is 2.61. The van der Waals surface area contributed by atoms with Crippen LogP contribution in [0.15, 0.2) is 54.6 Å². The molecule has 1 aromatic heterocycles. The second kappa shape index (κ2) is 7.00. The molecule has 0 spiro atoms. The number of alkyl halides is 3. The van der Waals surface area contributed by atoms with E-state index in [1.54, 1.807) is 0 Å². The maximum atomic E-state index is 13.1. The highest BCUT2D eigenvalue weighted by molar-refractivity contribution is 5.94. The Hall–Kier alpha value is -4.01. The molecule has 0 bridgehead atoms. The molecule has 0 unspecified atom stereocenters. The molecule has 0 radical (unpaired) electrons. The molecule has 2 aliphatic heterocycles. The van der Waals surface area contributed by atoms with Gasteiger partial charge in [-0.05, 0) is 55.0 Å². The Labute approximate surface area is 197 Å². The number of nitrogens with one attached hydrogen (secondary N) is 2. The lowest BCUT2D eigenvalue weighted by atomic mass is 10.0. The Morgan fingerprint density at radius 3 is 2.77 bits per heavy atom.